The third kappa shape index (κ3) is 2.93. The molecule has 3 aromatic rings. The van der Waals surface area contributed by atoms with E-state index in [4.69, 9.17) is 8.94 Å². The number of aryl methyl sites for hydroxylation is 2. The molecule has 0 aliphatic carbocycles. The standard InChI is InChI=1S/C15H16N4O3/c1-3-11-7-16-14(21-11)8-17-15(20)18-10-4-5-12-9(2)19-22-13(12)6-10/h4-7H,3,8H2,1-2H3,(H2,17,18,20). The number of rotatable bonds is 4. The SMILES string of the molecule is CCc1cnc(CNC(=O)Nc2ccc3c(C)noc3c2)o1. The molecule has 0 aliphatic rings. The van der Waals surface area contributed by atoms with Crippen molar-refractivity contribution in [1.82, 2.24) is 15.5 Å². The van der Waals surface area contributed by atoms with Gasteiger partial charge in [-0.05, 0) is 19.1 Å². The number of nitrogens with zero attached hydrogens (tertiary/aromatic N) is 2. The number of carbonyl (C=O) groups excluding carboxylic acids is 1. The van der Waals surface area contributed by atoms with E-state index in [0.717, 1.165) is 23.3 Å². The molecule has 7 heteroatoms. The maximum absolute atomic E-state index is 11.9. The molecule has 3 rings (SSSR count). The Morgan fingerprint density at radius 1 is 1.36 bits per heavy atom. The van der Waals surface area contributed by atoms with E-state index in [0.29, 0.717) is 17.2 Å². The van der Waals surface area contributed by atoms with E-state index in [-0.39, 0.29) is 12.6 Å². The molecule has 2 N–H and O–H groups in total. The first-order chi connectivity index (χ1) is 10.7. The van der Waals surface area contributed by atoms with Gasteiger partial charge in [0.25, 0.3) is 0 Å². The summed E-state index contributed by atoms with van der Waals surface area (Å²) in [4.78, 5) is 15.9. The van der Waals surface area contributed by atoms with Gasteiger partial charge in [0, 0.05) is 23.6 Å². The van der Waals surface area contributed by atoms with Gasteiger partial charge in [0.15, 0.2) is 5.58 Å². The van der Waals surface area contributed by atoms with Crippen LogP contribution >= 0.6 is 0 Å². The molecule has 0 saturated heterocycles. The summed E-state index contributed by atoms with van der Waals surface area (Å²) in [6, 6.07) is 5.05. The second-order valence-electron chi connectivity index (χ2n) is 4.86. The molecular weight excluding hydrogens is 284 g/mol. The van der Waals surface area contributed by atoms with Gasteiger partial charge in [0.2, 0.25) is 5.89 Å². The molecule has 0 atom stereocenters. The molecule has 22 heavy (non-hydrogen) atoms. The number of hydrogen-bond acceptors (Lipinski definition) is 5. The van der Waals surface area contributed by atoms with Crippen molar-refractivity contribution < 1.29 is 13.7 Å². The van der Waals surface area contributed by atoms with Crippen LogP contribution in [0.3, 0.4) is 0 Å². The summed E-state index contributed by atoms with van der Waals surface area (Å²) < 4.78 is 10.6. The van der Waals surface area contributed by atoms with Gasteiger partial charge in [-0.25, -0.2) is 9.78 Å². The van der Waals surface area contributed by atoms with Gasteiger partial charge in [0.1, 0.15) is 5.76 Å². The minimum atomic E-state index is -0.341. The van der Waals surface area contributed by atoms with Crippen LogP contribution < -0.4 is 10.6 Å². The zero-order valence-electron chi connectivity index (χ0n) is 12.3. The summed E-state index contributed by atoms with van der Waals surface area (Å²) in [6.45, 7) is 4.08. The highest BCUT2D eigenvalue weighted by atomic mass is 16.5. The molecular formula is C15H16N4O3. The third-order valence-electron chi connectivity index (χ3n) is 3.26. The second kappa shape index (κ2) is 5.88. The summed E-state index contributed by atoms with van der Waals surface area (Å²) in [5.74, 6) is 1.27. The first kappa shape index (κ1) is 14.1. The average molecular weight is 300 g/mol. The van der Waals surface area contributed by atoms with Crippen LogP contribution in [0.4, 0.5) is 10.5 Å². The largest absolute Gasteiger partial charge is 0.444 e. The molecule has 114 valence electrons. The number of nitrogens with one attached hydrogen (secondary N) is 2. The van der Waals surface area contributed by atoms with Gasteiger partial charge in [-0.1, -0.05) is 12.1 Å². The molecule has 0 saturated carbocycles. The van der Waals surface area contributed by atoms with Crippen LogP contribution in [0.1, 0.15) is 24.3 Å². The summed E-state index contributed by atoms with van der Waals surface area (Å²) in [6.07, 6.45) is 2.44. The van der Waals surface area contributed by atoms with Crippen molar-refractivity contribution in [2.45, 2.75) is 26.8 Å². The smallest absolute Gasteiger partial charge is 0.319 e. The van der Waals surface area contributed by atoms with Crippen LogP contribution in [-0.2, 0) is 13.0 Å². The number of fused-ring (bicyclic) bond motifs is 1. The van der Waals surface area contributed by atoms with Crippen LogP contribution in [-0.4, -0.2) is 16.2 Å². The van der Waals surface area contributed by atoms with E-state index >= 15 is 0 Å². The fraction of sp³-hybridized carbons (Fsp3) is 0.267. The molecule has 7 nitrogen and oxygen atoms in total. The average Bonchev–Trinajstić information content (AvgIpc) is 3.12. The predicted molar refractivity (Wildman–Crippen MR) is 80.5 cm³/mol. The zero-order valence-corrected chi connectivity index (χ0v) is 12.3. The normalized spacial score (nSPS) is 10.8. The van der Waals surface area contributed by atoms with E-state index in [1.54, 1.807) is 18.3 Å². The highest BCUT2D eigenvalue weighted by molar-refractivity contribution is 5.92. The predicted octanol–water partition coefficient (Wildman–Crippen LogP) is 3.01. The van der Waals surface area contributed by atoms with Gasteiger partial charge in [-0.15, -0.1) is 0 Å². The van der Waals surface area contributed by atoms with Gasteiger partial charge < -0.3 is 19.6 Å². The van der Waals surface area contributed by atoms with E-state index < -0.39 is 0 Å². The lowest BCUT2D eigenvalue weighted by Gasteiger charge is -2.05. The fourth-order valence-corrected chi connectivity index (χ4v) is 2.07. The Labute approximate surface area is 126 Å². The number of amides is 2. The van der Waals surface area contributed by atoms with E-state index in [1.165, 1.54) is 0 Å². The highest BCUT2D eigenvalue weighted by Crippen LogP contribution is 2.21. The number of benzene rings is 1. The molecule has 1 aromatic carbocycles. The Morgan fingerprint density at radius 2 is 2.23 bits per heavy atom. The molecule has 2 amide bonds. The lowest BCUT2D eigenvalue weighted by molar-refractivity contribution is 0.250. The Hall–Kier alpha value is -2.83. The number of anilines is 1. The number of oxazole rings is 1. The highest BCUT2D eigenvalue weighted by Gasteiger charge is 2.08. The summed E-state index contributed by atoms with van der Waals surface area (Å²) >= 11 is 0. The Morgan fingerprint density at radius 3 is 3.00 bits per heavy atom. The Balaban J connectivity index is 1.60. The van der Waals surface area contributed by atoms with Crippen molar-refractivity contribution in [1.29, 1.82) is 0 Å². The molecule has 0 spiro atoms. The molecule has 0 fully saturated rings. The Bertz CT molecular complexity index is 806. The molecule has 0 radical (unpaired) electrons. The van der Waals surface area contributed by atoms with Gasteiger partial charge >= 0.3 is 6.03 Å². The van der Waals surface area contributed by atoms with E-state index in [1.807, 2.05) is 19.9 Å². The number of aromatic nitrogens is 2. The monoisotopic (exact) mass is 300 g/mol. The van der Waals surface area contributed by atoms with Crippen molar-refractivity contribution in [3.8, 4) is 0 Å². The van der Waals surface area contributed by atoms with E-state index in [9.17, 15) is 4.79 Å². The first-order valence-corrected chi connectivity index (χ1v) is 7.00. The third-order valence-corrected chi connectivity index (χ3v) is 3.26. The fourth-order valence-electron chi connectivity index (χ4n) is 2.07. The van der Waals surface area contributed by atoms with Crippen molar-refractivity contribution in [3.05, 3.63) is 41.7 Å². The maximum Gasteiger partial charge on any atom is 0.319 e. The van der Waals surface area contributed by atoms with Gasteiger partial charge in [-0.2, -0.15) is 0 Å². The lowest BCUT2D eigenvalue weighted by atomic mass is 10.2. The van der Waals surface area contributed by atoms with Gasteiger partial charge in [-0.3, -0.25) is 0 Å². The quantitative estimate of drug-likeness (QED) is 0.772. The molecule has 2 aromatic heterocycles. The van der Waals surface area contributed by atoms with Crippen LogP contribution in [0.2, 0.25) is 0 Å². The van der Waals surface area contributed by atoms with Crippen molar-refractivity contribution in [2.24, 2.45) is 0 Å². The van der Waals surface area contributed by atoms with Crippen molar-refractivity contribution >= 4 is 22.7 Å². The van der Waals surface area contributed by atoms with Crippen molar-refractivity contribution in [2.75, 3.05) is 5.32 Å². The van der Waals surface area contributed by atoms with Gasteiger partial charge in [0.05, 0.1) is 18.4 Å². The Kier molecular flexibility index (Phi) is 3.78. The van der Waals surface area contributed by atoms with Crippen molar-refractivity contribution in [3.63, 3.8) is 0 Å². The molecule has 2 heterocycles. The minimum Gasteiger partial charge on any atom is -0.444 e. The second-order valence-corrected chi connectivity index (χ2v) is 4.86. The molecule has 0 aliphatic heterocycles. The summed E-state index contributed by atoms with van der Waals surface area (Å²) in [5, 5.41) is 10.2. The summed E-state index contributed by atoms with van der Waals surface area (Å²) in [5.41, 5.74) is 2.08. The molecule has 0 bridgehead atoms. The van der Waals surface area contributed by atoms with Crippen LogP contribution in [0.15, 0.2) is 33.3 Å². The van der Waals surface area contributed by atoms with E-state index in [2.05, 4.69) is 20.8 Å². The van der Waals surface area contributed by atoms with Crippen LogP contribution in [0, 0.1) is 6.92 Å². The minimum absolute atomic E-state index is 0.232. The zero-order chi connectivity index (χ0) is 15.5. The number of urea groups is 1. The van der Waals surface area contributed by atoms with Crippen LogP contribution in [0.5, 0.6) is 0 Å². The van der Waals surface area contributed by atoms with Crippen LogP contribution in [0.25, 0.3) is 11.0 Å². The number of hydrogen-bond donors (Lipinski definition) is 2. The molecule has 0 unspecified atom stereocenters. The number of carbonyl (C=O) groups is 1. The lowest BCUT2D eigenvalue weighted by Crippen LogP contribution is -2.28. The maximum atomic E-state index is 11.9. The topological polar surface area (TPSA) is 93.2 Å². The summed E-state index contributed by atoms with van der Waals surface area (Å²) in [7, 11) is 0. The first-order valence-electron chi connectivity index (χ1n) is 7.00.